The van der Waals surface area contributed by atoms with Gasteiger partial charge in [-0.05, 0) is 128 Å². The molecule has 0 saturated heterocycles. The van der Waals surface area contributed by atoms with E-state index in [1.165, 1.54) is 135 Å². The van der Waals surface area contributed by atoms with E-state index >= 15 is 0 Å². The highest BCUT2D eigenvalue weighted by Gasteiger charge is 2.27. The number of likely N-dealkylation sites (N-methyl/N-ethyl adjacent to an activating group) is 1. The van der Waals surface area contributed by atoms with Crippen molar-refractivity contribution in [3.05, 3.63) is 134 Å². The molecule has 0 rings (SSSR count). The van der Waals surface area contributed by atoms with Crippen LogP contribution in [0.1, 0.15) is 310 Å². The summed E-state index contributed by atoms with van der Waals surface area (Å²) in [6.45, 7) is 6.70. The quantitative estimate of drug-likeness (QED) is 0.0212. The summed E-state index contributed by atoms with van der Waals surface area (Å²) >= 11 is 0. The number of unbranched alkanes of at least 4 members (excludes halogenated alkanes) is 30. The number of carbonyl (C=O) groups is 2. The second-order valence-corrected chi connectivity index (χ2v) is 27.1. The summed E-state index contributed by atoms with van der Waals surface area (Å²) in [6.07, 6.45) is 97.1. The van der Waals surface area contributed by atoms with E-state index in [-0.39, 0.29) is 24.9 Å². The van der Waals surface area contributed by atoms with Gasteiger partial charge in [0.2, 0.25) is 5.91 Å². The third-order valence-corrected chi connectivity index (χ3v) is 16.8. The average molecular weight is 1270 g/mol. The van der Waals surface area contributed by atoms with Crippen LogP contribution in [0.5, 0.6) is 0 Å². The highest BCUT2D eigenvalue weighted by molar-refractivity contribution is 7.45. The molecule has 0 spiro atoms. The number of quaternary nitrogens is 1. The topological polar surface area (TPSA) is 114 Å². The molecule has 9 nitrogen and oxygen atoms in total. The fraction of sp³-hybridized carbons (Fsp3) is 0.700. The summed E-state index contributed by atoms with van der Waals surface area (Å²) < 4.78 is 30.5. The van der Waals surface area contributed by atoms with E-state index in [2.05, 4.69) is 148 Å². The number of ether oxygens (including phenoxy) is 1. The van der Waals surface area contributed by atoms with Crippen LogP contribution in [0, 0.1) is 0 Å². The number of rotatable bonds is 66. The first-order valence-electron chi connectivity index (χ1n) is 37.0. The first-order chi connectivity index (χ1) is 43.9. The number of phosphoric ester groups is 1. The molecule has 0 aromatic rings. The lowest BCUT2D eigenvalue weighted by atomic mass is 10.0. The van der Waals surface area contributed by atoms with E-state index in [4.69, 9.17) is 13.8 Å². The number of amides is 1. The van der Waals surface area contributed by atoms with Crippen molar-refractivity contribution in [3.8, 4) is 0 Å². The molecule has 1 N–H and O–H groups in total. The van der Waals surface area contributed by atoms with Gasteiger partial charge in [0.05, 0.1) is 33.8 Å². The van der Waals surface area contributed by atoms with Gasteiger partial charge in [-0.3, -0.25) is 14.2 Å². The Morgan fingerprint density at radius 2 is 0.711 bits per heavy atom. The Morgan fingerprint density at radius 1 is 0.400 bits per heavy atom. The van der Waals surface area contributed by atoms with Gasteiger partial charge >= 0.3 is 5.97 Å². The smallest absolute Gasteiger partial charge is 0.306 e. The Morgan fingerprint density at radius 3 is 1.09 bits per heavy atom. The Balaban J connectivity index is 5.08. The van der Waals surface area contributed by atoms with Crippen LogP contribution in [-0.4, -0.2) is 69.4 Å². The fourth-order valence-electron chi connectivity index (χ4n) is 10.2. The molecule has 0 aromatic heterocycles. The standard InChI is InChI=1S/C80H139N2O7P/c1-7-10-13-16-19-22-25-28-30-32-34-36-38-40-41-43-45-47-49-51-53-55-58-61-64-67-70-73-80(84)89-78(71-68-65-62-59-56-27-24-21-18-15-12-9-3)77(76-88-90(85,86)87-75-74-82(4,5)6)81-79(83)72-69-66-63-60-57-54-52-50-48-46-44-42-39-37-35-33-31-29-26-23-20-17-14-11-8-2/h10,13,19-20,22-23,28-31,34-37,40-42,44-45,47,68,71,77-78H,7-9,11-12,14-18,21,24-27,32-33,38-39,43,46,48-67,69-70,72-76H2,1-6H3,(H-,81,83,85,86)/b13-10-,22-19-,23-20-,30-28-,31-29-,36-34-,37-35-,41-40-,44-42-,47-45-,71-68+. The van der Waals surface area contributed by atoms with Gasteiger partial charge in [0.1, 0.15) is 19.3 Å². The zero-order valence-electron chi connectivity index (χ0n) is 59.0. The Bertz CT molecular complexity index is 2000. The molecule has 3 unspecified atom stereocenters. The van der Waals surface area contributed by atoms with Gasteiger partial charge in [-0.25, -0.2) is 0 Å². The Hall–Kier alpha value is -3.85. The largest absolute Gasteiger partial charge is 0.756 e. The third-order valence-electron chi connectivity index (χ3n) is 15.8. The predicted octanol–water partition coefficient (Wildman–Crippen LogP) is 23.3. The average Bonchev–Trinajstić information content (AvgIpc) is 3.12. The van der Waals surface area contributed by atoms with Crippen molar-refractivity contribution in [2.75, 3.05) is 40.9 Å². The van der Waals surface area contributed by atoms with E-state index < -0.39 is 26.6 Å². The van der Waals surface area contributed by atoms with Crippen molar-refractivity contribution < 1.29 is 37.3 Å². The highest BCUT2D eigenvalue weighted by atomic mass is 31.2. The molecule has 10 heteroatoms. The number of nitrogens with one attached hydrogen (secondary N) is 1. The van der Waals surface area contributed by atoms with Gasteiger partial charge in [0, 0.05) is 12.8 Å². The molecule has 0 radical (unpaired) electrons. The van der Waals surface area contributed by atoms with Gasteiger partial charge < -0.3 is 28.5 Å². The minimum absolute atomic E-state index is 0.0314. The molecule has 90 heavy (non-hydrogen) atoms. The number of carbonyl (C=O) groups excluding carboxylic acids is 2. The van der Waals surface area contributed by atoms with Gasteiger partial charge in [-0.2, -0.15) is 0 Å². The number of phosphoric acid groups is 1. The van der Waals surface area contributed by atoms with Crippen LogP contribution in [0.2, 0.25) is 0 Å². The number of nitrogens with zero attached hydrogens (tertiary/aromatic N) is 1. The Labute approximate surface area is 556 Å². The molecule has 0 fully saturated rings. The van der Waals surface area contributed by atoms with Crippen LogP contribution in [0.4, 0.5) is 0 Å². The van der Waals surface area contributed by atoms with Crippen molar-refractivity contribution in [1.82, 2.24) is 5.32 Å². The van der Waals surface area contributed by atoms with Crippen LogP contribution in [0.3, 0.4) is 0 Å². The fourth-order valence-corrected chi connectivity index (χ4v) is 10.9. The van der Waals surface area contributed by atoms with Crippen molar-refractivity contribution in [3.63, 3.8) is 0 Å². The minimum atomic E-state index is -4.72. The third kappa shape index (κ3) is 68.5. The molecule has 0 aromatic carbocycles. The lowest BCUT2D eigenvalue weighted by Crippen LogP contribution is -2.47. The van der Waals surface area contributed by atoms with Crippen molar-refractivity contribution >= 4 is 19.7 Å². The summed E-state index contributed by atoms with van der Waals surface area (Å²) in [6, 6.07) is -0.906. The van der Waals surface area contributed by atoms with Crippen LogP contribution in [0.25, 0.3) is 0 Å². The number of hydrogen-bond acceptors (Lipinski definition) is 7. The summed E-state index contributed by atoms with van der Waals surface area (Å²) in [4.78, 5) is 40.3. The lowest BCUT2D eigenvalue weighted by molar-refractivity contribution is -0.870. The monoisotopic (exact) mass is 1270 g/mol. The summed E-state index contributed by atoms with van der Waals surface area (Å²) in [5.41, 5.74) is 0. The maximum absolute atomic E-state index is 13.6. The number of allylic oxidation sites excluding steroid dienone is 21. The molecule has 0 bridgehead atoms. The molecule has 3 atom stereocenters. The molecule has 1 amide bonds. The van der Waals surface area contributed by atoms with Crippen molar-refractivity contribution in [2.24, 2.45) is 0 Å². The molecular weight excluding hydrogens is 1130 g/mol. The number of esters is 1. The summed E-state index contributed by atoms with van der Waals surface area (Å²) in [7, 11) is 1.16. The van der Waals surface area contributed by atoms with Gasteiger partial charge in [-0.1, -0.05) is 302 Å². The maximum Gasteiger partial charge on any atom is 0.306 e. The van der Waals surface area contributed by atoms with Gasteiger partial charge in [0.15, 0.2) is 0 Å². The van der Waals surface area contributed by atoms with Crippen LogP contribution in [0.15, 0.2) is 134 Å². The van der Waals surface area contributed by atoms with E-state index in [0.29, 0.717) is 23.9 Å². The first-order valence-corrected chi connectivity index (χ1v) is 38.5. The molecule has 516 valence electrons. The van der Waals surface area contributed by atoms with Gasteiger partial charge in [0.25, 0.3) is 7.82 Å². The Kier molecular flexibility index (Phi) is 65.1. The number of hydrogen-bond donors (Lipinski definition) is 1. The van der Waals surface area contributed by atoms with Crippen LogP contribution < -0.4 is 10.2 Å². The van der Waals surface area contributed by atoms with Crippen LogP contribution in [-0.2, 0) is 27.9 Å². The molecule has 0 aliphatic heterocycles. The zero-order chi connectivity index (χ0) is 65.6. The van der Waals surface area contributed by atoms with Gasteiger partial charge in [-0.15, -0.1) is 0 Å². The maximum atomic E-state index is 13.6. The lowest BCUT2D eigenvalue weighted by Gasteiger charge is -2.30. The zero-order valence-corrected chi connectivity index (χ0v) is 59.9. The summed E-state index contributed by atoms with van der Waals surface area (Å²) in [5, 5.41) is 3.04. The molecular formula is C80H139N2O7P. The second-order valence-electron chi connectivity index (χ2n) is 25.7. The predicted molar refractivity (Wildman–Crippen MR) is 390 cm³/mol. The van der Waals surface area contributed by atoms with E-state index in [9.17, 15) is 19.0 Å². The SMILES string of the molecule is CC/C=C\C/C=C\C/C=C\C/C=C\C/C=C\C/C=C\CCCCCCCCCCC(=O)OC(/C=C/CCCCCCCCCCCC)C(COP(=O)([O-])OCC[N+](C)(C)C)NC(=O)CCCCCCCCCCC/C=C\C/C=C\C/C=C\C/C=C\CCCCC. The minimum Gasteiger partial charge on any atom is -0.756 e. The second kappa shape index (κ2) is 68.0. The van der Waals surface area contributed by atoms with Crippen molar-refractivity contribution in [2.45, 2.75) is 322 Å². The molecule has 0 saturated carbocycles. The van der Waals surface area contributed by atoms with E-state index in [0.717, 1.165) is 135 Å². The van der Waals surface area contributed by atoms with E-state index in [1.54, 1.807) is 0 Å². The normalized spacial score (nSPS) is 14.3. The molecule has 0 aliphatic carbocycles. The highest BCUT2D eigenvalue weighted by Crippen LogP contribution is 2.38. The molecule has 0 aliphatic rings. The first kappa shape index (κ1) is 86.2. The van der Waals surface area contributed by atoms with Crippen LogP contribution >= 0.6 is 7.82 Å². The van der Waals surface area contributed by atoms with Crippen molar-refractivity contribution in [1.29, 1.82) is 0 Å². The molecule has 0 heterocycles. The van der Waals surface area contributed by atoms with E-state index in [1.807, 2.05) is 33.3 Å². The summed E-state index contributed by atoms with van der Waals surface area (Å²) in [5.74, 6) is -0.560.